The average molecular weight is 356 g/mol. The summed E-state index contributed by atoms with van der Waals surface area (Å²) in [5.41, 5.74) is 0. The van der Waals surface area contributed by atoms with Crippen molar-refractivity contribution in [3.63, 3.8) is 0 Å². The van der Waals surface area contributed by atoms with Gasteiger partial charge < -0.3 is 19.1 Å². The van der Waals surface area contributed by atoms with E-state index in [9.17, 15) is 9.59 Å². The lowest BCUT2D eigenvalue weighted by Crippen LogP contribution is -2.51. The van der Waals surface area contributed by atoms with Crippen molar-refractivity contribution in [3.8, 4) is 5.82 Å². The van der Waals surface area contributed by atoms with Gasteiger partial charge in [0, 0.05) is 44.6 Å². The number of carbonyl (C=O) groups is 2. The van der Waals surface area contributed by atoms with Gasteiger partial charge in [0.15, 0.2) is 0 Å². The van der Waals surface area contributed by atoms with Gasteiger partial charge in [-0.05, 0) is 12.1 Å². The van der Waals surface area contributed by atoms with Crippen molar-refractivity contribution in [1.82, 2.24) is 24.3 Å². The summed E-state index contributed by atoms with van der Waals surface area (Å²) in [6, 6.07) is 5.84. The minimum absolute atomic E-state index is 0.0424. The second-order valence-electron chi connectivity index (χ2n) is 6.23. The summed E-state index contributed by atoms with van der Waals surface area (Å²) in [6.45, 7) is 3.51. The van der Waals surface area contributed by atoms with Crippen LogP contribution in [0, 0.1) is 0 Å². The first-order chi connectivity index (χ1) is 12.7. The van der Waals surface area contributed by atoms with Crippen molar-refractivity contribution >= 4 is 17.8 Å². The molecule has 0 unspecified atom stereocenters. The molecule has 9 heteroatoms. The standard InChI is InChI=1S/C17H20N6O3/c24-16(12-23-9-10-26-17(23)25)22-7-5-21(6-8-22)15-11-14(18-13-19-15)20-3-1-2-4-20/h1-4,11,13H,5-10,12H2. The molecule has 0 spiro atoms. The van der Waals surface area contributed by atoms with Crippen LogP contribution in [0.1, 0.15) is 0 Å². The van der Waals surface area contributed by atoms with E-state index >= 15 is 0 Å². The minimum atomic E-state index is -0.407. The highest BCUT2D eigenvalue weighted by molar-refractivity contribution is 5.83. The highest BCUT2D eigenvalue weighted by Gasteiger charge is 2.28. The molecule has 2 aromatic rings. The van der Waals surface area contributed by atoms with Crippen LogP contribution in [0.4, 0.5) is 10.6 Å². The zero-order valence-electron chi connectivity index (χ0n) is 14.3. The second-order valence-corrected chi connectivity index (χ2v) is 6.23. The molecular formula is C17H20N6O3. The van der Waals surface area contributed by atoms with Gasteiger partial charge in [-0.2, -0.15) is 0 Å². The number of carbonyl (C=O) groups excluding carboxylic acids is 2. The third kappa shape index (κ3) is 3.32. The molecule has 0 radical (unpaired) electrons. The Morgan fingerprint density at radius 2 is 1.77 bits per heavy atom. The van der Waals surface area contributed by atoms with Crippen LogP contribution in [0.25, 0.3) is 5.82 Å². The predicted octanol–water partition coefficient (Wildman–Crippen LogP) is 0.368. The molecule has 2 amide bonds. The number of hydrogen-bond acceptors (Lipinski definition) is 6. The van der Waals surface area contributed by atoms with E-state index in [2.05, 4.69) is 14.9 Å². The number of anilines is 1. The summed E-state index contributed by atoms with van der Waals surface area (Å²) >= 11 is 0. The lowest BCUT2D eigenvalue weighted by atomic mass is 10.3. The van der Waals surface area contributed by atoms with Crippen LogP contribution in [-0.4, -0.2) is 82.2 Å². The minimum Gasteiger partial charge on any atom is -0.448 e. The highest BCUT2D eigenvalue weighted by atomic mass is 16.6. The van der Waals surface area contributed by atoms with Gasteiger partial charge in [-0.15, -0.1) is 0 Å². The van der Waals surface area contributed by atoms with Gasteiger partial charge in [-0.1, -0.05) is 0 Å². The van der Waals surface area contributed by atoms with E-state index in [0.717, 1.165) is 11.6 Å². The number of hydrogen-bond donors (Lipinski definition) is 0. The molecule has 26 heavy (non-hydrogen) atoms. The number of rotatable bonds is 4. The molecule has 4 rings (SSSR count). The molecule has 2 aliphatic rings. The molecule has 0 N–H and O–H groups in total. The maximum Gasteiger partial charge on any atom is 0.410 e. The van der Waals surface area contributed by atoms with E-state index in [4.69, 9.17) is 4.74 Å². The predicted molar refractivity (Wildman–Crippen MR) is 93.1 cm³/mol. The van der Waals surface area contributed by atoms with E-state index in [1.165, 1.54) is 4.90 Å². The molecule has 4 heterocycles. The van der Waals surface area contributed by atoms with Crippen LogP contribution in [0.15, 0.2) is 36.9 Å². The van der Waals surface area contributed by atoms with E-state index in [-0.39, 0.29) is 12.5 Å². The van der Waals surface area contributed by atoms with Gasteiger partial charge >= 0.3 is 6.09 Å². The quantitative estimate of drug-likeness (QED) is 0.787. The Balaban J connectivity index is 1.35. The molecule has 2 aromatic heterocycles. The third-order valence-corrected chi connectivity index (χ3v) is 4.63. The van der Waals surface area contributed by atoms with Crippen molar-refractivity contribution in [2.24, 2.45) is 0 Å². The second kappa shape index (κ2) is 7.03. The van der Waals surface area contributed by atoms with Crippen molar-refractivity contribution in [2.45, 2.75) is 0 Å². The van der Waals surface area contributed by atoms with Gasteiger partial charge in [0.2, 0.25) is 5.91 Å². The lowest BCUT2D eigenvalue weighted by molar-refractivity contribution is -0.132. The van der Waals surface area contributed by atoms with Crippen molar-refractivity contribution < 1.29 is 14.3 Å². The fourth-order valence-corrected chi connectivity index (χ4v) is 3.16. The normalized spacial score (nSPS) is 17.5. The fourth-order valence-electron chi connectivity index (χ4n) is 3.16. The SMILES string of the molecule is O=C(CN1CCOC1=O)N1CCN(c2cc(-n3cccc3)ncn2)CC1. The average Bonchev–Trinajstić information content (AvgIpc) is 3.35. The van der Waals surface area contributed by atoms with Crippen LogP contribution < -0.4 is 4.90 Å². The Bertz CT molecular complexity index is 786. The summed E-state index contributed by atoms with van der Waals surface area (Å²) in [4.78, 5) is 37.9. The summed E-state index contributed by atoms with van der Waals surface area (Å²) < 4.78 is 6.79. The van der Waals surface area contributed by atoms with Crippen LogP contribution in [0.2, 0.25) is 0 Å². The summed E-state index contributed by atoms with van der Waals surface area (Å²) in [5, 5.41) is 0. The number of aromatic nitrogens is 3. The monoisotopic (exact) mass is 356 g/mol. The Morgan fingerprint density at radius 3 is 2.46 bits per heavy atom. The Labute approximate surface area is 150 Å². The Kier molecular flexibility index (Phi) is 4.42. The van der Waals surface area contributed by atoms with Crippen molar-refractivity contribution in [2.75, 3.05) is 50.8 Å². The van der Waals surface area contributed by atoms with Crippen molar-refractivity contribution in [1.29, 1.82) is 0 Å². The van der Waals surface area contributed by atoms with Crippen LogP contribution in [0.5, 0.6) is 0 Å². The molecule has 2 aliphatic heterocycles. The highest BCUT2D eigenvalue weighted by Crippen LogP contribution is 2.16. The molecule has 0 aliphatic carbocycles. The Morgan fingerprint density at radius 1 is 1.04 bits per heavy atom. The zero-order valence-corrected chi connectivity index (χ0v) is 14.3. The molecule has 0 aromatic carbocycles. The molecule has 2 saturated heterocycles. The van der Waals surface area contributed by atoms with E-state index in [1.807, 2.05) is 35.2 Å². The topological polar surface area (TPSA) is 83.8 Å². The van der Waals surface area contributed by atoms with Gasteiger partial charge in [0.25, 0.3) is 0 Å². The lowest BCUT2D eigenvalue weighted by Gasteiger charge is -2.35. The summed E-state index contributed by atoms with van der Waals surface area (Å²) in [6.07, 6.45) is 5.02. The third-order valence-electron chi connectivity index (χ3n) is 4.63. The van der Waals surface area contributed by atoms with E-state index in [1.54, 1.807) is 11.2 Å². The Hall–Kier alpha value is -3.10. The molecule has 0 saturated carbocycles. The van der Waals surface area contributed by atoms with Crippen molar-refractivity contribution in [3.05, 3.63) is 36.9 Å². The van der Waals surface area contributed by atoms with E-state index in [0.29, 0.717) is 39.3 Å². The fraction of sp³-hybridized carbons (Fsp3) is 0.412. The first-order valence-electron chi connectivity index (χ1n) is 8.60. The molecule has 136 valence electrons. The number of nitrogens with zero attached hydrogens (tertiary/aromatic N) is 6. The smallest absolute Gasteiger partial charge is 0.410 e. The van der Waals surface area contributed by atoms with Crippen LogP contribution in [0.3, 0.4) is 0 Å². The molecule has 0 bridgehead atoms. The summed E-state index contributed by atoms with van der Waals surface area (Å²) in [7, 11) is 0. The van der Waals surface area contributed by atoms with Crippen LogP contribution >= 0.6 is 0 Å². The number of cyclic esters (lactones) is 1. The molecular weight excluding hydrogens is 336 g/mol. The number of amides is 2. The first-order valence-corrected chi connectivity index (χ1v) is 8.60. The molecule has 9 nitrogen and oxygen atoms in total. The zero-order chi connectivity index (χ0) is 17.9. The molecule has 0 atom stereocenters. The maximum absolute atomic E-state index is 12.4. The number of ether oxygens (including phenoxy) is 1. The van der Waals surface area contributed by atoms with Gasteiger partial charge in [-0.25, -0.2) is 14.8 Å². The maximum atomic E-state index is 12.4. The van der Waals surface area contributed by atoms with Gasteiger partial charge in [0.05, 0.1) is 6.54 Å². The van der Waals surface area contributed by atoms with Crippen LogP contribution in [-0.2, 0) is 9.53 Å². The van der Waals surface area contributed by atoms with E-state index < -0.39 is 6.09 Å². The summed E-state index contributed by atoms with van der Waals surface area (Å²) in [5.74, 6) is 1.61. The van der Waals surface area contributed by atoms with Gasteiger partial charge in [-0.3, -0.25) is 9.69 Å². The van der Waals surface area contributed by atoms with Gasteiger partial charge in [0.1, 0.15) is 31.1 Å². The molecule has 2 fully saturated rings. The first kappa shape index (κ1) is 16.4. The largest absolute Gasteiger partial charge is 0.448 e. The number of piperazine rings is 1.